The zero-order valence-corrected chi connectivity index (χ0v) is 22.7. The van der Waals surface area contributed by atoms with E-state index in [0.717, 1.165) is 49.0 Å². The monoisotopic (exact) mass is 574 g/mol. The first kappa shape index (κ1) is 30.5. The van der Waals surface area contributed by atoms with E-state index in [1.54, 1.807) is 12.1 Å². The molecule has 2 aliphatic carbocycles. The lowest BCUT2D eigenvalue weighted by Crippen LogP contribution is -2.25. The van der Waals surface area contributed by atoms with Gasteiger partial charge >= 0.3 is 12.5 Å². The standard InChI is InChI=1S/C31H37F7O2/c1-2-3-4-5-20-6-8-21(9-7-20)22-10-12-23(13-11-22)24-14-16-25(17-15-24)30(34,35)39-26-18-27(32)29(28(33)19-26)40-31(36,37)38/h14-23H,2-13H2,1H3/t20-,21-,22?,23?. The van der Waals surface area contributed by atoms with Crippen LogP contribution in [0.5, 0.6) is 11.5 Å². The number of halogens is 7. The van der Waals surface area contributed by atoms with Crippen LogP contribution in [0.1, 0.15) is 101 Å². The van der Waals surface area contributed by atoms with Gasteiger partial charge in [-0.1, -0.05) is 57.6 Å². The van der Waals surface area contributed by atoms with Crippen LogP contribution in [0.4, 0.5) is 30.7 Å². The number of hydrogen-bond acceptors (Lipinski definition) is 2. The van der Waals surface area contributed by atoms with Crippen molar-refractivity contribution in [2.24, 2.45) is 17.8 Å². The van der Waals surface area contributed by atoms with Crippen LogP contribution in [0.25, 0.3) is 0 Å². The van der Waals surface area contributed by atoms with Gasteiger partial charge < -0.3 is 9.47 Å². The molecule has 40 heavy (non-hydrogen) atoms. The number of benzene rings is 2. The van der Waals surface area contributed by atoms with Crippen molar-refractivity contribution in [3.05, 3.63) is 59.2 Å². The Balaban J connectivity index is 1.29. The fourth-order valence-electron chi connectivity index (χ4n) is 6.52. The summed E-state index contributed by atoms with van der Waals surface area (Å²) in [5.74, 6) is -3.62. The van der Waals surface area contributed by atoms with E-state index in [2.05, 4.69) is 16.4 Å². The normalized spacial score (nSPS) is 24.1. The third kappa shape index (κ3) is 8.06. The van der Waals surface area contributed by atoms with Crippen molar-refractivity contribution in [2.45, 2.75) is 102 Å². The van der Waals surface area contributed by atoms with Gasteiger partial charge in [0.2, 0.25) is 5.75 Å². The summed E-state index contributed by atoms with van der Waals surface area (Å²) in [6.45, 7) is 2.24. The molecule has 0 aliphatic heterocycles. The summed E-state index contributed by atoms with van der Waals surface area (Å²) in [6.07, 6.45) is 5.63. The molecule has 2 saturated carbocycles. The highest BCUT2D eigenvalue weighted by molar-refractivity contribution is 5.36. The molecule has 4 rings (SSSR count). The lowest BCUT2D eigenvalue weighted by molar-refractivity contribution is -0.276. The summed E-state index contributed by atoms with van der Waals surface area (Å²) >= 11 is 0. The highest BCUT2D eigenvalue weighted by Gasteiger charge is 2.38. The molecular weight excluding hydrogens is 537 g/mol. The fourth-order valence-corrected chi connectivity index (χ4v) is 6.52. The van der Waals surface area contributed by atoms with Crippen molar-refractivity contribution in [2.75, 3.05) is 0 Å². The molecule has 0 unspecified atom stereocenters. The van der Waals surface area contributed by atoms with Crippen molar-refractivity contribution < 1.29 is 40.2 Å². The minimum Gasteiger partial charge on any atom is -0.429 e. The second-order valence-electron chi connectivity index (χ2n) is 11.4. The van der Waals surface area contributed by atoms with Gasteiger partial charge in [0.1, 0.15) is 5.75 Å². The van der Waals surface area contributed by atoms with Gasteiger partial charge in [-0.3, -0.25) is 0 Å². The molecule has 0 bridgehead atoms. The van der Waals surface area contributed by atoms with Gasteiger partial charge in [-0.05, 0) is 79.9 Å². The molecule has 2 aromatic rings. The molecule has 0 saturated heterocycles. The molecule has 0 aromatic heterocycles. The Bertz CT molecular complexity index is 1060. The minimum absolute atomic E-state index is 0.226. The van der Waals surface area contributed by atoms with Crippen molar-refractivity contribution in [3.63, 3.8) is 0 Å². The molecule has 2 fully saturated rings. The summed E-state index contributed by atoms with van der Waals surface area (Å²) < 4.78 is 102. The Kier molecular flexibility index (Phi) is 9.93. The summed E-state index contributed by atoms with van der Waals surface area (Å²) in [5, 5.41) is 0. The lowest BCUT2D eigenvalue weighted by Gasteiger charge is -2.38. The first-order valence-electron chi connectivity index (χ1n) is 14.4. The van der Waals surface area contributed by atoms with E-state index in [-0.39, 0.29) is 18.1 Å². The largest absolute Gasteiger partial charge is 0.573 e. The van der Waals surface area contributed by atoms with Gasteiger partial charge in [0.15, 0.2) is 11.6 Å². The molecule has 0 atom stereocenters. The van der Waals surface area contributed by atoms with Gasteiger partial charge in [0.25, 0.3) is 0 Å². The molecule has 0 amide bonds. The summed E-state index contributed by atoms with van der Waals surface area (Å²) in [6, 6.07) is 6.14. The van der Waals surface area contributed by atoms with Crippen LogP contribution >= 0.6 is 0 Å². The van der Waals surface area contributed by atoms with Gasteiger partial charge in [0.05, 0.1) is 5.56 Å². The Hall–Kier alpha value is -2.45. The quantitative estimate of drug-likeness (QED) is 0.208. The summed E-state index contributed by atoms with van der Waals surface area (Å²) in [5.41, 5.74) is 0.431. The number of ether oxygens (including phenoxy) is 2. The molecule has 2 aliphatic rings. The Labute approximate surface area is 231 Å². The van der Waals surface area contributed by atoms with Crippen LogP contribution in [0.3, 0.4) is 0 Å². The van der Waals surface area contributed by atoms with E-state index in [9.17, 15) is 30.7 Å². The zero-order chi connectivity index (χ0) is 28.9. The van der Waals surface area contributed by atoms with Crippen LogP contribution in [-0.2, 0) is 6.11 Å². The van der Waals surface area contributed by atoms with E-state index < -0.39 is 41.2 Å². The van der Waals surface area contributed by atoms with E-state index in [0.29, 0.717) is 0 Å². The van der Waals surface area contributed by atoms with Crippen LogP contribution in [0.2, 0.25) is 0 Å². The molecule has 0 heterocycles. The van der Waals surface area contributed by atoms with Crippen molar-refractivity contribution in [1.82, 2.24) is 0 Å². The smallest absolute Gasteiger partial charge is 0.429 e. The summed E-state index contributed by atoms with van der Waals surface area (Å²) in [7, 11) is 0. The third-order valence-electron chi connectivity index (χ3n) is 8.70. The maximum absolute atomic E-state index is 14.7. The minimum atomic E-state index is -5.35. The lowest BCUT2D eigenvalue weighted by atomic mass is 9.68. The Morgan fingerprint density at radius 1 is 0.725 bits per heavy atom. The van der Waals surface area contributed by atoms with Crippen LogP contribution in [0.15, 0.2) is 36.4 Å². The van der Waals surface area contributed by atoms with Crippen molar-refractivity contribution >= 4 is 0 Å². The maximum atomic E-state index is 14.7. The molecule has 0 spiro atoms. The number of alkyl halides is 5. The van der Waals surface area contributed by atoms with Gasteiger partial charge in [-0.15, -0.1) is 13.2 Å². The fraction of sp³-hybridized carbons (Fsp3) is 0.613. The molecule has 2 nitrogen and oxygen atoms in total. The average molecular weight is 575 g/mol. The predicted octanol–water partition coefficient (Wildman–Crippen LogP) is 10.7. The zero-order valence-electron chi connectivity index (χ0n) is 22.7. The van der Waals surface area contributed by atoms with E-state index in [1.807, 2.05) is 0 Å². The maximum Gasteiger partial charge on any atom is 0.573 e. The Morgan fingerprint density at radius 3 is 1.80 bits per heavy atom. The van der Waals surface area contributed by atoms with Gasteiger partial charge in [-0.25, -0.2) is 8.78 Å². The molecule has 222 valence electrons. The van der Waals surface area contributed by atoms with E-state index in [1.165, 1.54) is 63.5 Å². The van der Waals surface area contributed by atoms with Crippen LogP contribution < -0.4 is 9.47 Å². The first-order valence-corrected chi connectivity index (χ1v) is 14.4. The van der Waals surface area contributed by atoms with Crippen molar-refractivity contribution in [1.29, 1.82) is 0 Å². The Morgan fingerprint density at radius 2 is 1.27 bits per heavy atom. The third-order valence-corrected chi connectivity index (χ3v) is 8.70. The molecule has 2 aromatic carbocycles. The SMILES string of the molecule is CCCCC[C@H]1CC[C@H](C2CCC(c3ccc(C(F)(F)Oc4cc(F)c(OC(F)(F)F)c(F)c4)cc3)CC2)CC1. The van der Waals surface area contributed by atoms with Crippen molar-refractivity contribution in [3.8, 4) is 11.5 Å². The molecule has 9 heteroatoms. The number of unbranched alkanes of at least 4 members (excludes halogenated alkanes) is 2. The number of hydrogen-bond donors (Lipinski definition) is 0. The highest BCUT2D eigenvalue weighted by Crippen LogP contribution is 2.45. The predicted molar refractivity (Wildman–Crippen MR) is 138 cm³/mol. The first-order chi connectivity index (χ1) is 18.9. The highest BCUT2D eigenvalue weighted by atomic mass is 19.4. The second-order valence-corrected chi connectivity index (χ2v) is 11.4. The van der Waals surface area contributed by atoms with Crippen LogP contribution in [0, 0.1) is 29.4 Å². The van der Waals surface area contributed by atoms with E-state index in [4.69, 9.17) is 0 Å². The number of rotatable bonds is 10. The van der Waals surface area contributed by atoms with E-state index >= 15 is 0 Å². The second kappa shape index (κ2) is 13.0. The molecule has 0 radical (unpaired) electrons. The summed E-state index contributed by atoms with van der Waals surface area (Å²) in [4.78, 5) is 0. The van der Waals surface area contributed by atoms with Gasteiger partial charge in [0, 0.05) is 12.1 Å². The molecule has 0 N–H and O–H groups in total. The van der Waals surface area contributed by atoms with Gasteiger partial charge in [-0.2, -0.15) is 8.78 Å². The van der Waals surface area contributed by atoms with Crippen LogP contribution in [-0.4, -0.2) is 6.36 Å². The molecular formula is C31H37F7O2. The topological polar surface area (TPSA) is 18.5 Å². The average Bonchev–Trinajstić information content (AvgIpc) is 2.91.